The molecule has 6 heteroatoms. The van der Waals surface area contributed by atoms with Gasteiger partial charge in [-0.15, -0.1) is 5.10 Å². The first-order valence-corrected chi connectivity index (χ1v) is 5.42. The summed E-state index contributed by atoms with van der Waals surface area (Å²) in [6, 6.07) is 4.16. The Morgan fingerprint density at radius 1 is 1.35 bits per heavy atom. The first-order valence-electron chi connectivity index (χ1n) is 5.04. The number of hydrogen-bond acceptors (Lipinski definition) is 3. The fraction of sp³-hybridized carbons (Fsp3) is 0.273. The molecule has 0 bridgehead atoms. The molecule has 0 aliphatic heterocycles. The smallest absolute Gasteiger partial charge is 0.126 e. The highest BCUT2D eigenvalue weighted by molar-refractivity contribution is 6.30. The molecule has 0 radical (unpaired) electrons. The van der Waals surface area contributed by atoms with Crippen LogP contribution in [0.4, 0.5) is 4.39 Å². The monoisotopic (exact) mass is 254 g/mol. The van der Waals surface area contributed by atoms with Crippen LogP contribution in [0.2, 0.25) is 5.02 Å². The predicted octanol–water partition coefficient (Wildman–Crippen LogP) is 2.25. The molecule has 0 saturated carbocycles. The lowest BCUT2D eigenvalue weighted by Crippen LogP contribution is -2.29. The summed E-state index contributed by atoms with van der Waals surface area (Å²) in [5, 5.41) is 8.15. The van der Waals surface area contributed by atoms with Crippen LogP contribution in [0.25, 0.3) is 5.69 Å². The molecule has 2 N–H and O–H groups in total. The summed E-state index contributed by atoms with van der Waals surface area (Å²) >= 11 is 5.77. The lowest BCUT2D eigenvalue weighted by molar-refractivity contribution is 0.533. The third-order valence-electron chi connectivity index (χ3n) is 2.27. The van der Waals surface area contributed by atoms with E-state index >= 15 is 0 Å². The summed E-state index contributed by atoms with van der Waals surface area (Å²) in [6.07, 6.45) is 1.66. The minimum Gasteiger partial charge on any atom is -0.320 e. The second-order valence-corrected chi connectivity index (χ2v) is 4.83. The van der Waals surface area contributed by atoms with E-state index in [1.165, 1.54) is 16.8 Å². The van der Waals surface area contributed by atoms with E-state index in [9.17, 15) is 4.39 Å². The number of benzene rings is 1. The molecule has 0 fully saturated rings. The summed E-state index contributed by atoms with van der Waals surface area (Å²) in [5.41, 5.74) is 6.44. The van der Waals surface area contributed by atoms with E-state index < -0.39 is 11.4 Å². The molecule has 0 unspecified atom stereocenters. The minimum absolute atomic E-state index is 0.309. The Kier molecular flexibility index (Phi) is 2.89. The SMILES string of the molecule is CC(C)(N)c1cn(-c2cc(F)cc(Cl)c2)nn1. The quantitative estimate of drug-likeness (QED) is 0.894. The van der Waals surface area contributed by atoms with Gasteiger partial charge in [-0.1, -0.05) is 16.8 Å². The van der Waals surface area contributed by atoms with Crippen LogP contribution >= 0.6 is 11.6 Å². The predicted molar refractivity (Wildman–Crippen MR) is 63.5 cm³/mol. The van der Waals surface area contributed by atoms with Crippen LogP contribution in [-0.4, -0.2) is 15.0 Å². The number of rotatable bonds is 2. The zero-order valence-corrected chi connectivity index (χ0v) is 10.2. The molecule has 0 atom stereocenters. The largest absolute Gasteiger partial charge is 0.320 e. The van der Waals surface area contributed by atoms with Crippen LogP contribution in [0.15, 0.2) is 24.4 Å². The van der Waals surface area contributed by atoms with Gasteiger partial charge < -0.3 is 5.73 Å². The van der Waals surface area contributed by atoms with E-state index in [1.807, 2.05) is 13.8 Å². The summed E-state index contributed by atoms with van der Waals surface area (Å²) in [4.78, 5) is 0. The van der Waals surface area contributed by atoms with Gasteiger partial charge in [-0.3, -0.25) is 0 Å². The Hall–Kier alpha value is -1.46. The summed E-state index contributed by atoms with van der Waals surface area (Å²) < 4.78 is 14.6. The molecule has 0 aliphatic rings. The molecule has 0 spiro atoms. The summed E-state index contributed by atoms with van der Waals surface area (Å²) in [6.45, 7) is 3.64. The van der Waals surface area contributed by atoms with Crippen LogP contribution in [0, 0.1) is 5.82 Å². The van der Waals surface area contributed by atoms with Crippen molar-refractivity contribution in [1.29, 1.82) is 0 Å². The van der Waals surface area contributed by atoms with Gasteiger partial charge in [0.25, 0.3) is 0 Å². The molecule has 0 amide bonds. The van der Waals surface area contributed by atoms with Crippen molar-refractivity contribution < 1.29 is 4.39 Å². The number of nitrogens with two attached hydrogens (primary N) is 1. The van der Waals surface area contributed by atoms with E-state index in [0.717, 1.165) is 0 Å². The number of halogens is 2. The highest BCUT2D eigenvalue weighted by Gasteiger charge is 2.18. The molecule has 0 saturated heterocycles. The first-order chi connectivity index (χ1) is 7.86. The van der Waals surface area contributed by atoms with Crippen molar-refractivity contribution in [2.45, 2.75) is 19.4 Å². The van der Waals surface area contributed by atoms with Gasteiger partial charge >= 0.3 is 0 Å². The van der Waals surface area contributed by atoms with Crippen molar-refractivity contribution in [1.82, 2.24) is 15.0 Å². The van der Waals surface area contributed by atoms with Crippen molar-refractivity contribution in [3.05, 3.63) is 40.9 Å². The fourth-order valence-corrected chi connectivity index (χ4v) is 1.57. The van der Waals surface area contributed by atoms with Gasteiger partial charge in [0.15, 0.2) is 0 Å². The number of nitrogens with zero attached hydrogens (tertiary/aromatic N) is 3. The molecule has 1 aromatic carbocycles. The van der Waals surface area contributed by atoms with Crippen LogP contribution in [-0.2, 0) is 5.54 Å². The summed E-state index contributed by atoms with van der Waals surface area (Å²) in [5.74, 6) is -0.420. The molecule has 2 aromatic rings. The lowest BCUT2D eigenvalue weighted by Gasteiger charge is -2.13. The average molecular weight is 255 g/mol. The highest BCUT2D eigenvalue weighted by atomic mass is 35.5. The van der Waals surface area contributed by atoms with Gasteiger partial charge in [0.05, 0.1) is 17.4 Å². The van der Waals surface area contributed by atoms with E-state index in [0.29, 0.717) is 16.4 Å². The van der Waals surface area contributed by atoms with Crippen molar-refractivity contribution in [3.8, 4) is 5.69 Å². The second-order valence-electron chi connectivity index (χ2n) is 4.40. The van der Waals surface area contributed by atoms with E-state index in [-0.39, 0.29) is 0 Å². The molecular weight excluding hydrogens is 243 g/mol. The Balaban J connectivity index is 2.44. The van der Waals surface area contributed by atoms with Crippen LogP contribution in [0.3, 0.4) is 0 Å². The van der Waals surface area contributed by atoms with Crippen molar-refractivity contribution in [3.63, 3.8) is 0 Å². The molecule has 1 heterocycles. The molecule has 0 aliphatic carbocycles. The minimum atomic E-state index is -0.588. The van der Waals surface area contributed by atoms with Crippen molar-refractivity contribution in [2.75, 3.05) is 0 Å². The third kappa shape index (κ3) is 2.62. The van der Waals surface area contributed by atoms with Gasteiger partial charge in [-0.2, -0.15) is 0 Å². The van der Waals surface area contributed by atoms with E-state index in [4.69, 9.17) is 17.3 Å². The zero-order chi connectivity index (χ0) is 12.6. The Bertz CT molecular complexity index is 524. The standard InChI is InChI=1S/C11H12ClFN4/c1-11(2,14)10-6-17(16-15-10)9-4-7(12)3-8(13)5-9/h3-6H,14H2,1-2H3. The topological polar surface area (TPSA) is 56.7 Å². The van der Waals surface area contributed by atoms with Gasteiger partial charge in [-0.25, -0.2) is 9.07 Å². The molecule has 4 nitrogen and oxygen atoms in total. The highest BCUT2D eigenvalue weighted by Crippen LogP contribution is 2.19. The van der Waals surface area contributed by atoms with Gasteiger partial charge in [0.2, 0.25) is 0 Å². The number of aromatic nitrogens is 3. The van der Waals surface area contributed by atoms with Crippen LogP contribution in [0.5, 0.6) is 0 Å². The first kappa shape index (κ1) is 12.0. The number of hydrogen-bond donors (Lipinski definition) is 1. The van der Waals surface area contributed by atoms with Gasteiger partial charge in [-0.05, 0) is 32.0 Å². The van der Waals surface area contributed by atoms with Gasteiger partial charge in [0, 0.05) is 5.02 Å². The normalized spacial score (nSPS) is 11.8. The Morgan fingerprint density at radius 2 is 2.06 bits per heavy atom. The molecule has 1 aromatic heterocycles. The van der Waals surface area contributed by atoms with Crippen LogP contribution in [0.1, 0.15) is 19.5 Å². The maximum Gasteiger partial charge on any atom is 0.126 e. The molecule has 2 rings (SSSR count). The molecule has 17 heavy (non-hydrogen) atoms. The van der Waals surface area contributed by atoms with Crippen molar-refractivity contribution in [2.24, 2.45) is 5.73 Å². The lowest BCUT2D eigenvalue weighted by atomic mass is 10.0. The van der Waals surface area contributed by atoms with E-state index in [2.05, 4.69) is 10.3 Å². The Labute approximate surface area is 103 Å². The Morgan fingerprint density at radius 3 is 2.59 bits per heavy atom. The van der Waals surface area contributed by atoms with Crippen molar-refractivity contribution >= 4 is 11.6 Å². The third-order valence-corrected chi connectivity index (χ3v) is 2.48. The fourth-order valence-electron chi connectivity index (χ4n) is 1.36. The van der Waals surface area contributed by atoms with Crippen LogP contribution < -0.4 is 5.73 Å². The van der Waals surface area contributed by atoms with E-state index in [1.54, 1.807) is 12.3 Å². The molecular formula is C11H12ClFN4. The molecule has 90 valence electrons. The zero-order valence-electron chi connectivity index (χ0n) is 9.48. The average Bonchev–Trinajstić information content (AvgIpc) is 2.63. The second kappa shape index (κ2) is 4.09. The maximum absolute atomic E-state index is 13.2. The van der Waals surface area contributed by atoms with Gasteiger partial charge in [0.1, 0.15) is 11.5 Å². The maximum atomic E-state index is 13.2. The summed E-state index contributed by atoms with van der Waals surface area (Å²) in [7, 11) is 0.